The van der Waals surface area contributed by atoms with Crippen LogP contribution in [0.2, 0.25) is 10.0 Å². The number of furan rings is 1. The van der Waals surface area contributed by atoms with E-state index in [1.165, 1.54) is 18.2 Å². The van der Waals surface area contributed by atoms with Gasteiger partial charge in [0.15, 0.2) is 5.76 Å². The van der Waals surface area contributed by atoms with Crippen molar-refractivity contribution in [1.29, 1.82) is 0 Å². The third kappa shape index (κ3) is 4.03. The molecule has 134 valence electrons. The Kier molecular flexibility index (Phi) is 4.98. The minimum atomic E-state index is -4.49. The van der Waals surface area contributed by atoms with Crippen molar-refractivity contribution >= 4 is 34.8 Å². The van der Waals surface area contributed by atoms with Crippen molar-refractivity contribution in [2.75, 3.05) is 5.32 Å². The van der Waals surface area contributed by atoms with Gasteiger partial charge in [-0.25, -0.2) is 0 Å². The second-order valence-corrected chi connectivity index (χ2v) is 6.14. The van der Waals surface area contributed by atoms with Crippen LogP contribution in [0.1, 0.15) is 16.1 Å². The smallest absolute Gasteiger partial charge is 0.416 e. The van der Waals surface area contributed by atoms with Crippen LogP contribution >= 0.6 is 23.2 Å². The fourth-order valence-corrected chi connectivity index (χ4v) is 2.53. The molecule has 2 aromatic carbocycles. The molecular weight excluding hydrogens is 390 g/mol. The zero-order valence-corrected chi connectivity index (χ0v) is 14.4. The van der Waals surface area contributed by atoms with E-state index in [0.29, 0.717) is 21.4 Å². The van der Waals surface area contributed by atoms with Gasteiger partial charge in [0.25, 0.3) is 5.91 Å². The maximum Gasteiger partial charge on any atom is 0.416 e. The maximum atomic E-state index is 12.7. The first kappa shape index (κ1) is 18.4. The highest BCUT2D eigenvalue weighted by molar-refractivity contribution is 6.42. The fourth-order valence-electron chi connectivity index (χ4n) is 2.23. The molecule has 0 aliphatic rings. The number of halogens is 5. The van der Waals surface area contributed by atoms with Crippen LogP contribution in [0.3, 0.4) is 0 Å². The molecular formula is C18H10Cl2F3NO2. The largest absolute Gasteiger partial charge is 0.451 e. The highest BCUT2D eigenvalue weighted by Gasteiger charge is 2.30. The minimum absolute atomic E-state index is 0.0114. The Balaban J connectivity index is 1.79. The maximum absolute atomic E-state index is 12.7. The van der Waals surface area contributed by atoms with Gasteiger partial charge >= 0.3 is 6.18 Å². The number of anilines is 1. The Hall–Kier alpha value is -2.44. The first-order valence-corrected chi connectivity index (χ1v) is 8.03. The lowest BCUT2D eigenvalue weighted by Crippen LogP contribution is -2.12. The second-order valence-electron chi connectivity index (χ2n) is 5.33. The van der Waals surface area contributed by atoms with E-state index >= 15 is 0 Å². The number of benzene rings is 2. The molecule has 0 spiro atoms. The number of carbonyl (C=O) groups is 1. The summed E-state index contributed by atoms with van der Waals surface area (Å²) in [5.41, 5.74) is -0.235. The van der Waals surface area contributed by atoms with Gasteiger partial charge in [-0.3, -0.25) is 4.79 Å². The molecule has 0 unspecified atom stereocenters. The molecule has 0 saturated carbocycles. The second kappa shape index (κ2) is 7.05. The molecule has 3 nitrogen and oxygen atoms in total. The average molecular weight is 400 g/mol. The van der Waals surface area contributed by atoms with Crippen LogP contribution in [0.5, 0.6) is 0 Å². The van der Waals surface area contributed by atoms with Crippen LogP contribution in [-0.4, -0.2) is 5.91 Å². The number of hydrogen-bond acceptors (Lipinski definition) is 2. The molecule has 0 fully saturated rings. The Bertz CT molecular complexity index is 967. The van der Waals surface area contributed by atoms with E-state index in [2.05, 4.69) is 5.32 Å². The molecule has 0 radical (unpaired) electrons. The summed E-state index contributed by atoms with van der Waals surface area (Å²) in [4.78, 5) is 12.2. The predicted molar refractivity (Wildman–Crippen MR) is 93.6 cm³/mol. The van der Waals surface area contributed by atoms with Gasteiger partial charge < -0.3 is 9.73 Å². The SMILES string of the molecule is O=C(Nc1cccc(C(F)(F)F)c1)c1ccc(-c2ccc(Cl)c(Cl)c2)o1. The summed E-state index contributed by atoms with van der Waals surface area (Å²) in [5.74, 6) is -0.350. The van der Waals surface area contributed by atoms with Crippen LogP contribution < -0.4 is 5.32 Å². The molecule has 0 aliphatic carbocycles. The molecule has 0 saturated heterocycles. The first-order chi connectivity index (χ1) is 12.2. The van der Waals surface area contributed by atoms with Crippen molar-refractivity contribution in [3.8, 4) is 11.3 Å². The number of alkyl halides is 3. The minimum Gasteiger partial charge on any atom is -0.451 e. The lowest BCUT2D eigenvalue weighted by molar-refractivity contribution is -0.137. The topological polar surface area (TPSA) is 42.2 Å². The summed E-state index contributed by atoms with van der Waals surface area (Å²) in [6.07, 6.45) is -4.49. The number of amides is 1. The van der Waals surface area contributed by atoms with E-state index in [1.807, 2.05) is 0 Å². The van der Waals surface area contributed by atoms with Gasteiger partial charge in [-0.05, 0) is 48.5 Å². The quantitative estimate of drug-likeness (QED) is 0.544. The molecule has 1 aromatic heterocycles. The van der Waals surface area contributed by atoms with Crippen molar-refractivity contribution in [2.45, 2.75) is 6.18 Å². The van der Waals surface area contributed by atoms with E-state index in [0.717, 1.165) is 12.1 Å². The number of carbonyl (C=O) groups excluding carboxylic acids is 1. The van der Waals surface area contributed by atoms with Gasteiger partial charge in [0.05, 0.1) is 15.6 Å². The zero-order chi connectivity index (χ0) is 18.9. The Morgan fingerprint density at radius 2 is 1.73 bits per heavy atom. The third-order valence-electron chi connectivity index (χ3n) is 3.48. The summed E-state index contributed by atoms with van der Waals surface area (Å²) in [5, 5.41) is 3.08. The van der Waals surface area contributed by atoms with Crippen molar-refractivity contribution in [1.82, 2.24) is 0 Å². The summed E-state index contributed by atoms with van der Waals surface area (Å²) in [6, 6.07) is 12.1. The number of rotatable bonds is 3. The Labute approximate surface area is 156 Å². The van der Waals surface area contributed by atoms with E-state index in [9.17, 15) is 18.0 Å². The highest BCUT2D eigenvalue weighted by Crippen LogP contribution is 2.32. The lowest BCUT2D eigenvalue weighted by Gasteiger charge is -2.09. The molecule has 1 N–H and O–H groups in total. The van der Waals surface area contributed by atoms with E-state index < -0.39 is 17.6 Å². The molecule has 1 heterocycles. The number of nitrogens with one attached hydrogen (secondary N) is 1. The first-order valence-electron chi connectivity index (χ1n) is 7.28. The molecule has 0 aliphatic heterocycles. The molecule has 3 rings (SSSR count). The van der Waals surface area contributed by atoms with Gasteiger partial charge in [0.1, 0.15) is 5.76 Å². The normalized spacial score (nSPS) is 11.4. The van der Waals surface area contributed by atoms with Crippen molar-refractivity contribution in [3.63, 3.8) is 0 Å². The van der Waals surface area contributed by atoms with E-state index in [-0.39, 0.29) is 11.4 Å². The van der Waals surface area contributed by atoms with Crippen molar-refractivity contribution in [2.24, 2.45) is 0 Å². The molecule has 1 amide bonds. The molecule has 26 heavy (non-hydrogen) atoms. The number of hydrogen-bond donors (Lipinski definition) is 1. The lowest BCUT2D eigenvalue weighted by atomic mass is 10.2. The van der Waals surface area contributed by atoms with Crippen molar-refractivity contribution in [3.05, 3.63) is 76.0 Å². The average Bonchev–Trinajstić information content (AvgIpc) is 3.07. The fraction of sp³-hybridized carbons (Fsp3) is 0.0556. The zero-order valence-electron chi connectivity index (χ0n) is 12.9. The highest BCUT2D eigenvalue weighted by atomic mass is 35.5. The van der Waals surface area contributed by atoms with Gasteiger partial charge in [0.2, 0.25) is 0 Å². The van der Waals surface area contributed by atoms with E-state index in [1.54, 1.807) is 24.3 Å². The predicted octanol–water partition coefficient (Wildman–Crippen LogP) is 6.52. The summed E-state index contributed by atoms with van der Waals surface area (Å²) in [6.45, 7) is 0. The third-order valence-corrected chi connectivity index (χ3v) is 4.22. The summed E-state index contributed by atoms with van der Waals surface area (Å²) >= 11 is 11.8. The summed E-state index contributed by atoms with van der Waals surface area (Å²) < 4.78 is 43.6. The molecule has 0 bridgehead atoms. The van der Waals surface area contributed by atoms with Gasteiger partial charge in [-0.15, -0.1) is 0 Å². The van der Waals surface area contributed by atoms with Gasteiger partial charge in [0, 0.05) is 11.3 Å². The van der Waals surface area contributed by atoms with Crippen LogP contribution in [0.15, 0.2) is 59.0 Å². The monoisotopic (exact) mass is 399 g/mol. The van der Waals surface area contributed by atoms with Crippen molar-refractivity contribution < 1.29 is 22.4 Å². The molecule has 3 aromatic rings. The van der Waals surface area contributed by atoms with Gasteiger partial charge in [-0.2, -0.15) is 13.2 Å². The summed E-state index contributed by atoms with van der Waals surface area (Å²) in [7, 11) is 0. The standard InChI is InChI=1S/C18H10Cl2F3NO2/c19-13-5-4-10(8-14(13)20)15-6-7-16(26-15)17(25)24-12-3-1-2-11(9-12)18(21,22)23/h1-9H,(H,24,25). The van der Waals surface area contributed by atoms with Crippen LogP contribution in [0.25, 0.3) is 11.3 Å². The van der Waals surface area contributed by atoms with Crippen LogP contribution in [0.4, 0.5) is 18.9 Å². The Morgan fingerprint density at radius 1 is 0.962 bits per heavy atom. The molecule has 8 heteroatoms. The van der Waals surface area contributed by atoms with Crippen LogP contribution in [-0.2, 0) is 6.18 Å². The van der Waals surface area contributed by atoms with E-state index in [4.69, 9.17) is 27.6 Å². The Morgan fingerprint density at radius 3 is 2.42 bits per heavy atom. The van der Waals surface area contributed by atoms with Crippen LogP contribution in [0, 0.1) is 0 Å². The molecule has 0 atom stereocenters. The van der Waals surface area contributed by atoms with Gasteiger partial charge in [-0.1, -0.05) is 29.3 Å².